The third-order valence-electron chi connectivity index (χ3n) is 3.80. The summed E-state index contributed by atoms with van der Waals surface area (Å²) in [7, 11) is -3.85. The molecule has 1 aromatic carbocycles. The van der Waals surface area contributed by atoms with E-state index in [0.29, 0.717) is 6.61 Å². The monoisotopic (exact) mass is 298 g/mol. The van der Waals surface area contributed by atoms with Crippen LogP contribution < -0.4 is 0 Å². The van der Waals surface area contributed by atoms with Gasteiger partial charge in [-0.05, 0) is 19.1 Å². The van der Waals surface area contributed by atoms with Gasteiger partial charge in [0.2, 0.25) is 0 Å². The normalized spacial score (nSPS) is 38.5. The smallest absolute Gasteiger partial charge is 0.297 e. The summed E-state index contributed by atoms with van der Waals surface area (Å²) in [5.41, 5.74) is 0.984. The maximum absolute atomic E-state index is 12.3. The largest absolute Gasteiger partial charge is 0.364 e. The zero-order valence-electron chi connectivity index (χ0n) is 10.8. The molecular formula is C13H14O6S. The van der Waals surface area contributed by atoms with Crippen LogP contribution >= 0.6 is 0 Å². The van der Waals surface area contributed by atoms with Gasteiger partial charge in [0.15, 0.2) is 12.4 Å². The fourth-order valence-electron chi connectivity index (χ4n) is 2.65. The highest BCUT2D eigenvalue weighted by molar-refractivity contribution is 7.86. The van der Waals surface area contributed by atoms with Gasteiger partial charge in [-0.15, -0.1) is 0 Å². The van der Waals surface area contributed by atoms with Crippen molar-refractivity contribution in [1.29, 1.82) is 0 Å². The Labute approximate surface area is 116 Å². The molecule has 0 amide bonds. The zero-order chi connectivity index (χ0) is 13.9. The minimum atomic E-state index is -3.85. The Balaban J connectivity index is 1.57. The van der Waals surface area contributed by atoms with E-state index in [-0.39, 0.29) is 23.2 Å². The second-order valence-corrected chi connectivity index (χ2v) is 6.84. The molecule has 7 heteroatoms. The average Bonchev–Trinajstić information content (AvgIpc) is 3.09. The van der Waals surface area contributed by atoms with E-state index in [1.807, 2.05) is 6.92 Å². The van der Waals surface area contributed by atoms with Crippen molar-refractivity contribution in [2.24, 2.45) is 0 Å². The van der Waals surface area contributed by atoms with E-state index in [0.717, 1.165) is 5.56 Å². The number of epoxide rings is 1. The molecule has 3 saturated heterocycles. The highest BCUT2D eigenvalue weighted by Crippen LogP contribution is 2.43. The molecule has 4 rings (SSSR count). The first-order chi connectivity index (χ1) is 9.54. The lowest BCUT2D eigenvalue weighted by molar-refractivity contribution is -0.133. The van der Waals surface area contributed by atoms with Gasteiger partial charge in [0, 0.05) is 0 Å². The minimum Gasteiger partial charge on any atom is -0.364 e. The van der Waals surface area contributed by atoms with Crippen molar-refractivity contribution in [3.05, 3.63) is 29.8 Å². The molecule has 0 spiro atoms. The van der Waals surface area contributed by atoms with Crippen molar-refractivity contribution in [1.82, 2.24) is 0 Å². The summed E-state index contributed by atoms with van der Waals surface area (Å²) in [6.45, 7) is 2.32. The molecule has 5 atom stereocenters. The van der Waals surface area contributed by atoms with E-state index < -0.39 is 22.5 Å². The predicted octanol–water partition coefficient (Wildman–Crippen LogP) is 0.591. The maximum Gasteiger partial charge on any atom is 0.297 e. The highest BCUT2D eigenvalue weighted by atomic mass is 32.2. The molecule has 108 valence electrons. The number of benzene rings is 1. The topological polar surface area (TPSA) is 74.4 Å². The van der Waals surface area contributed by atoms with Crippen LogP contribution in [0.4, 0.5) is 0 Å². The van der Waals surface area contributed by atoms with Crippen molar-refractivity contribution >= 4 is 10.1 Å². The molecule has 1 aromatic rings. The fraction of sp³-hybridized carbons (Fsp3) is 0.538. The summed E-state index contributed by atoms with van der Waals surface area (Å²) in [4.78, 5) is 0.125. The molecule has 3 fully saturated rings. The van der Waals surface area contributed by atoms with E-state index in [4.69, 9.17) is 18.4 Å². The lowest BCUT2D eigenvalue weighted by atomic mass is 10.1. The van der Waals surface area contributed by atoms with Gasteiger partial charge in [-0.3, -0.25) is 4.18 Å². The highest BCUT2D eigenvalue weighted by Gasteiger charge is 2.63. The van der Waals surface area contributed by atoms with Gasteiger partial charge in [0.25, 0.3) is 10.1 Å². The van der Waals surface area contributed by atoms with E-state index in [2.05, 4.69) is 0 Å². The number of fused-ring (bicyclic) bond motifs is 4. The molecule has 0 saturated carbocycles. The molecule has 2 unspecified atom stereocenters. The Morgan fingerprint density at radius 2 is 1.90 bits per heavy atom. The number of ether oxygens (including phenoxy) is 3. The van der Waals surface area contributed by atoms with Crippen molar-refractivity contribution < 1.29 is 26.8 Å². The van der Waals surface area contributed by atoms with Gasteiger partial charge in [-0.25, -0.2) is 0 Å². The van der Waals surface area contributed by atoms with Gasteiger partial charge < -0.3 is 14.2 Å². The van der Waals surface area contributed by atoms with Crippen molar-refractivity contribution in [2.75, 3.05) is 6.61 Å². The van der Waals surface area contributed by atoms with Crippen LogP contribution in [-0.4, -0.2) is 45.7 Å². The molecule has 0 aliphatic carbocycles. The summed E-state index contributed by atoms with van der Waals surface area (Å²) in [5.74, 6) is 0. The lowest BCUT2D eigenvalue weighted by Crippen LogP contribution is -2.42. The van der Waals surface area contributed by atoms with Crippen molar-refractivity contribution in [3.63, 3.8) is 0 Å². The Hall–Kier alpha value is -0.990. The maximum atomic E-state index is 12.3. The van der Waals surface area contributed by atoms with Crippen LogP contribution in [0.25, 0.3) is 0 Å². The first-order valence-corrected chi connectivity index (χ1v) is 7.88. The Kier molecular flexibility index (Phi) is 2.71. The third kappa shape index (κ3) is 1.97. The predicted molar refractivity (Wildman–Crippen MR) is 66.5 cm³/mol. The summed E-state index contributed by atoms with van der Waals surface area (Å²) in [5, 5.41) is 0. The van der Waals surface area contributed by atoms with Crippen LogP contribution in [0.5, 0.6) is 0 Å². The minimum absolute atomic E-state index is 0.0908. The van der Waals surface area contributed by atoms with E-state index in [1.54, 1.807) is 12.1 Å². The fourth-order valence-corrected chi connectivity index (χ4v) is 3.72. The average molecular weight is 298 g/mol. The van der Waals surface area contributed by atoms with Gasteiger partial charge in [0.1, 0.15) is 18.3 Å². The summed E-state index contributed by atoms with van der Waals surface area (Å²) in [6.07, 6.45) is -1.84. The number of rotatable bonds is 3. The van der Waals surface area contributed by atoms with Crippen LogP contribution in [0.1, 0.15) is 5.56 Å². The van der Waals surface area contributed by atoms with E-state index >= 15 is 0 Å². The Morgan fingerprint density at radius 1 is 1.15 bits per heavy atom. The SMILES string of the molecule is Cc1ccc(S(=O)(=O)O[C@H]2C3O[C@H]3C3CO[C@@H]2O3)cc1. The molecule has 6 nitrogen and oxygen atoms in total. The Morgan fingerprint density at radius 3 is 2.65 bits per heavy atom. The molecular weight excluding hydrogens is 284 g/mol. The first-order valence-electron chi connectivity index (χ1n) is 6.47. The second-order valence-electron chi connectivity index (χ2n) is 5.27. The molecule has 0 radical (unpaired) electrons. The van der Waals surface area contributed by atoms with Crippen molar-refractivity contribution in [3.8, 4) is 0 Å². The number of hydrogen-bond acceptors (Lipinski definition) is 6. The van der Waals surface area contributed by atoms with Gasteiger partial charge in [0.05, 0.1) is 11.5 Å². The van der Waals surface area contributed by atoms with Gasteiger partial charge in [-0.2, -0.15) is 8.42 Å². The summed E-state index contributed by atoms with van der Waals surface area (Å²) in [6, 6.07) is 6.51. The molecule has 3 aliphatic heterocycles. The molecule has 0 N–H and O–H groups in total. The van der Waals surface area contributed by atoms with E-state index in [1.165, 1.54) is 12.1 Å². The summed E-state index contributed by atoms with van der Waals surface area (Å²) >= 11 is 0. The summed E-state index contributed by atoms with van der Waals surface area (Å²) < 4.78 is 46.2. The van der Waals surface area contributed by atoms with Crippen LogP contribution in [0, 0.1) is 6.92 Å². The van der Waals surface area contributed by atoms with Gasteiger partial charge >= 0.3 is 0 Å². The zero-order valence-corrected chi connectivity index (χ0v) is 11.6. The van der Waals surface area contributed by atoms with Crippen LogP contribution in [-0.2, 0) is 28.5 Å². The number of hydrogen-bond donors (Lipinski definition) is 0. The van der Waals surface area contributed by atoms with Crippen LogP contribution in [0.3, 0.4) is 0 Å². The van der Waals surface area contributed by atoms with Crippen molar-refractivity contribution in [2.45, 2.75) is 42.5 Å². The molecule has 0 aromatic heterocycles. The number of aryl methyl sites for hydroxylation is 1. The van der Waals surface area contributed by atoms with Gasteiger partial charge in [-0.1, -0.05) is 17.7 Å². The van der Waals surface area contributed by atoms with Crippen LogP contribution in [0.15, 0.2) is 29.2 Å². The standard InChI is InChI=1S/C13H14O6S/c1-7-2-4-8(5-3-7)20(14,15)19-12-11-10(18-11)9-6-16-13(12)17-9/h2-5,9-13H,6H2,1H3/t9?,10-,11?,12-,13+/m0/s1. The lowest BCUT2D eigenvalue weighted by Gasteiger charge is -2.23. The second kappa shape index (κ2) is 4.25. The molecule has 20 heavy (non-hydrogen) atoms. The third-order valence-corrected chi connectivity index (χ3v) is 5.13. The molecule has 3 aliphatic rings. The quantitative estimate of drug-likeness (QED) is 0.600. The van der Waals surface area contributed by atoms with Crippen LogP contribution in [0.2, 0.25) is 0 Å². The van der Waals surface area contributed by atoms with E-state index in [9.17, 15) is 8.42 Å². The Bertz CT molecular complexity index is 625. The molecule has 2 bridgehead atoms. The first kappa shape index (κ1) is 12.7. The molecule has 3 heterocycles.